The van der Waals surface area contributed by atoms with Gasteiger partial charge in [-0.25, -0.2) is 8.93 Å². The Hall–Kier alpha value is -2.89. The summed E-state index contributed by atoms with van der Waals surface area (Å²) in [5.41, 5.74) is 3.67. The predicted octanol–water partition coefficient (Wildman–Crippen LogP) is 4.00. The van der Waals surface area contributed by atoms with Crippen molar-refractivity contribution in [1.29, 1.82) is 0 Å². The molecule has 3 atom stereocenters. The van der Waals surface area contributed by atoms with Gasteiger partial charge < -0.3 is 25.6 Å². The predicted molar refractivity (Wildman–Crippen MR) is 168 cm³/mol. The highest BCUT2D eigenvalue weighted by molar-refractivity contribution is 7.85. The van der Waals surface area contributed by atoms with Crippen LogP contribution < -0.4 is 20.1 Å². The van der Waals surface area contributed by atoms with Crippen molar-refractivity contribution >= 4 is 39.2 Å². The molecule has 1 heterocycles. The highest BCUT2D eigenvalue weighted by Crippen LogP contribution is 2.38. The molecular formula is C31H38F3N3O5S2. The first kappa shape index (κ1) is 34.0. The van der Waals surface area contributed by atoms with Crippen LogP contribution >= 0.6 is 0 Å². The Kier molecular flexibility index (Phi) is 12.3. The van der Waals surface area contributed by atoms with Crippen molar-refractivity contribution in [3.8, 4) is 17.6 Å². The number of hydrogen-bond donors (Lipinski definition) is 5. The number of methoxy groups -OCH3 is 1. The number of halogens is 3. The summed E-state index contributed by atoms with van der Waals surface area (Å²) in [4.78, 5) is 0.395. The first-order chi connectivity index (χ1) is 21.1. The number of aliphatic hydroxyl groups is 2. The van der Waals surface area contributed by atoms with E-state index >= 15 is 0 Å². The zero-order valence-electron chi connectivity index (χ0n) is 24.4. The van der Waals surface area contributed by atoms with Crippen molar-refractivity contribution in [3.63, 3.8) is 0 Å². The molecule has 1 saturated heterocycles. The van der Waals surface area contributed by atoms with Gasteiger partial charge in [0.25, 0.3) is 0 Å². The van der Waals surface area contributed by atoms with Gasteiger partial charge in [-0.15, -0.1) is 0 Å². The van der Waals surface area contributed by atoms with Crippen LogP contribution in [-0.4, -0.2) is 75.3 Å². The molecule has 0 saturated carbocycles. The van der Waals surface area contributed by atoms with Crippen LogP contribution in [0.25, 0.3) is 6.08 Å². The Bertz CT molecular complexity index is 1430. The fourth-order valence-electron chi connectivity index (χ4n) is 5.21. The molecule has 13 heteroatoms. The van der Waals surface area contributed by atoms with Gasteiger partial charge in [-0.05, 0) is 61.6 Å². The third-order valence-electron chi connectivity index (χ3n) is 7.57. The number of fused-ring (bicyclic) bond motifs is 1. The van der Waals surface area contributed by atoms with Crippen molar-refractivity contribution in [2.24, 2.45) is 5.92 Å². The van der Waals surface area contributed by atoms with Crippen LogP contribution in [0.2, 0.25) is 0 Å². The smallest absolute Gasteiger partial charge is 0.389 e. The van der Waals surface area contributed by atoms with E-state index in [1.807, 2.05) is 18.2 Å². The number of anilines is 2. The normalized spacial score (nSPS) is 21.5. The molecule has 1 fully saturated rings. The van der Waals surface area contributed by atoms with E-state index in [1.54, 1.807) is 24.3 Å². The van der Waals surface area contributed by atoms with E-state index in [1.165, 1.54) is 7.11 Å². The van der Waals surface area contributed by atoms with Crippen LogP contribution in [0.5, 0.6) is 5.75 Å². The SMILES string of the molecule is COc1cc(S(=O)NCC(O)CO)ccc1NCC#CC1=Cc2c(cccc2NC2CCS(=O)CC2)CCC1CC(F)(F)F. The lowest BCUT2D eigenvalue weighted by molar-refractivity contribution is -0.141. The molecule has 4 rings (SSSR count). The third kappa shape index (κ3) is 9.81. The first-order valence-corrected chi connectivity index (χ1v) is 17.1. The van der Waals surface area contributed by atoms with Gasteiger partial charge in [-0.3, -0.25) is 4.21 Å². The molecule has 0 bridgehead atoms. The lowest BCUT2D eigenvalue weighted by Gasteiger charge is -2.25. The molecule has 2 aromatic rings. The highest BCUT2D eigenvalue weighted by Gasteiger charge is 2.34. The van der Waals surface area contributed by atoms with E-state index in [9.17, 15) is 26.7 Å². The Morgan fingerprint density at radius 2 is 1.93 bits per heavy atom. The number of benzene rings is 2. The maximum Gasteiger partial charge on any atom is 0.389 e. The number of aryl methyl sites for hydroxylation is 1. The number of ether oxygens (including phenoxy) is 1. The maximum atomic E-state index is 13.6. The summed E-state index contributed by atoms with van der Waals surface area (Å²) in [6.45, 7) is -0.390. The van der Waals surface area contributed by atoms with Gasteiger partial charge in [-0.2, -0.15) is 13.2 Å². The molecular weight excluding hydrogens is 615 g/mol. The van der Waals surface area contributed by atoms with Crippen molar-refractivity contribution in [2.75, 3.05) is 48.9 Å². The summed E-state index contributed by atoms with van der Waals surface area (Å²) in [6.07, 6.45) is -2.17. The lowest BCUT2D eigenvalue weighted by Crippen LogP contribution is -2.30. The summed E-state index contributed by atoms with van der Waals surface area (Å²) < 4.78 is 73.1. The van der Waals surface area contributed by atoms with E-state index in [4.69, 9.17) is 9.84 Å². The molecule has 0 spiro atoms. The minimum Gasteiger partial charge on any atom is -0.495 e. The number of alkyl halides is 3. The molecule has 2 aliphatic rings. The largest absolute Gasteiger partial charge is 0.495 e. The molecule has 0 aromatic heterocycles. The summed E-state index contributed by atoms with van der Waals surface area (Å²) in [7, 11) is -0.990. The minimum absolute atomic E-state index is 0.0586. The monoisotopic (exact) mass is 653 g/mol. The van der Waals surface area contributed by atoms with Gasteiger partial charge >= 0.3 is 6.18 Å². The van der Waals surface area contributed by atoms with Crippen LogP contribution in [-0.2, 0) is 28.2 Å². The Balaban J connectivity index is 1.52. The van der Waals surface area contributed by atoms with Gasteiger partial charge in [0, 0.05) is 57.6 Å². The molecule has 0 radical (unpaired) electrons. The second-order valence-electron chi connectivity index (χ2n) is 10.8. The molecule has 1 aliphatic carbocycles. The molecule has 2 aromatic carbocycles. The second kappa shape index (κ2) is 15.9. The Labute approximate surface area is 260 Å². The van der Waals surface area contributed by atoms with Gasteiger partial charge in [0.15, 0.2) is 0 Å². The molecule has 5 N–H and O–H groups in total. The number of allylic oxidation sites excluding steroid dienone is 1. The molecule has 0 amide bonds. The van der Waals surface area contributed by atoms with Gasteiger partial charge in [0.2, 0.25) is 0 Å². The van der Waals surface area contributed by atoms with E-state index in [-0.39, 0.29) is 19.1 Å². The van der Waals surface area contributed by atoms with Crippen molar-refractivity contribution < 1.29 is 36.5 Å². The van der Waals surface area contributed by atoms with Gasteiger partial charge in [0.1, 0.15) is 16.7 Å². The van der Waals surface area contributed by atoms with E-state index < -0.39 is 53.0 Å². The lowest BCUT2D eigenvalue weighted by atomic mass is 9.91. The molecule has 3 unspecified atom stereocenters. The second-order valence-corrected chi connectivity index (χ2v) is 13.8. The van der Waals surface area contributed by atoms with Crippen molar-refractivity contribution in [2.45, 2.75) is 55.3 Å². The maximum absolute atomic E-state index is 13.6. The van der Waals surface area contributed by atoms with Gasteiger partial charge in [0.05, 0.1) is 43.4 Å². The summed E-state index contributed by atoms with van der Waals surface area (Å²) >= 11 is 0. The van der Waals surface area contributed by atoms with Crippen LogP contribution in [0.15, 0.2) is 46.9 Å². The zero-order chi connectivity index (χ0) is 31.7. The van der Waals surface area contributed by atoms with Gasteiger partial charge in [-0.1, -0.05) is 24.0 Å². The van der Waals surface area contributed by atoms with Crippen LogP contribution in [0.4, 0.5) is 24.5 Å². The highest BCUT2D eigenvalue weighted by atomic mass is 32.2. The van der Waals surface area contributed by atoms with Crippen LogP contribution in [0.1, 0.15) is 36.8 Å². The summed E-state index contributed by atoms with van der Waals surface area (Å²) in [6, 6.07) is 10.8. The van der Waals surface area contributed by atoms with E-state index in [0.717, 1.165) is 29.7 Å². The number of nitrogens with one attached hydrogen (secondary N) is 3. The molecule has 44 heavy (non-hydrogen) atoms. The van der Waals surface area contributed by atoms with Crippen LogP contribution in [0, 0.1) is 17.8 Å². The van der Waals surface area contributed by atoms with Crippen molar-refractivity contribution in [1.82, 2.24) is 4.72 Å². The molecule has 1 aliphatic heterocycles. The standard InChI is InChI=1S/C31H38F3N3O5S2/c1-42-30-17-26(44(41)36-19-25(39)20-38)9-10-29(30)35-13-3-5-22-16-27-21(7-8-23(22)18-31(32,33)34)4-2-6-28(27)37-24-11-14-43(40)15-12-24/h2,4,6,9-10,16-17,23-25,35-39H,7-8,11-15,18-20H2,1H3. The summed E-state index contributed by atoms with van der Waals surface area (Å²) in [5.74, 6) is 6.89. The molecule has 240 valence electrons. The topological polar surface area (TPSA) is 120 Å². The third-order valence-corrected chi connectivity index (χ3v) is 10.1. The quantitative estimate of drug-likeness (QED) is 0.233. The minimum atomic E-state index is -4.33. The van der Waals surface area contributed by atoms with E-state index in [0.29, 0.717) is 46.3 Å². The number of hydrogen-bond acceptors (Lipinski definition) is 7. The average Bonchev–Trinajstić information content (AvgIpc) is 3.17. The Morgan fingerprint density at radius 1 is 1.16 bits per heavy atom. The van der Waals surface area contributed by atoms with E-state index in [2.05, 4.69) is 27.2 Å². The first-order valence-electron chi connectivity index (χ1n) is 14.4. The van der Waals surface area contributed by atoms with Crippen LogP contribution in [0.3, 0.4) is 0 Å². The van der Waals surface area contributed by atoms with Crippen molar-refractivity contribution in [3.05, 3.63) is 53.1 Å². The zero-order valence-corrected chi connectivity index (χ0v) is 26.0. The molecule has 8 nitrogen and oxygen atoms in total. The summed E-state index contributed by atoms with van der Waals surface area (Å²) in [5, 5.41) is 25.1. The fraction of sp³-hybridized carbons (Fsp3) is 0.484. The number of rotatable bonds is 11. The Morgan fingerprint density at radius 3 is 2.64 bits per heavy atom. The number of aliphatic hydroxyl groups excluding tert-OH is 2. The fourth-order valence-corrected chi connectivity index (χ4v) is 7.43. The average molecular weight is 654 g/mol.